The first kappa shape index (κ1) is 21.3. The molecule has 2 rings (SSSR count). The van der Waals surface area contributed by atoms with E-state index in [4.69, 9.17) is 9.47 Å². The number of nitrogens with zero attached hydrogens (tertiary/aromatic N) is 1. The third kappa shape index (κ3) is 5.05. The van der Waals surface area contributed by atoms with Crippen LogP contribution in [0.2, 0.25) is 0 Å². The molecule has 0 bridgehead atoms. The van der Waals surface area contributed by atoms with Crippen molar-refractivity contribution in [2.24, 2.45) is 0 Å². The number of hydrogen-bond donors (Lipinski definition) is 0. The van der Waals surface area contributed by atoms with Crippen LogP contribution in [-0.4, -0.2) is 45.7 Å². The first-order valence-corrected chi connectivity index (χ1v) is 9.70. The van der Waals surface area contributed by atoms with Gasteiger partial charge in [0, 0.05) is 25.7 Å². The summed E-state index contributed by atoms with van der Waals surface area (Å²) in [5, 5.41) is 0. The van der Waals surface area contributed by atoms with Gasteiger partial charge < -0.3 is 9.47 Å². The van der Waals surface area contributed by atoms with Crippen molar-refractivity contribution in [3.05, 3.63) is 59.7 Å². The summed E-state index contributed by atoms with van der Waals surface area (Å²) in [6.45, 7) is 1.45. The van der Waals surface area contributed by atoms with E-state index in [9.17, 15) is 18.0 Å². The minimum Gasteiger partial charge on any atom is -0.495 e. The highest BCUT2D eigenvalue weighted by atomic mass is 32.2. The van der Waals surface area contributed by atoms with Crippen molar-refractivity contribution in [1.82, 2.24) is 4.31 Å². The smallest absolute Gasteiger partial charge is 0.336 e. The molecule has 0 aliphatic heterocycles. The van der Waals surface area contributed by atoms with Crippen molar-refractivity contribution in [3.63, 3.8) is 0 Å². The molecule has 0 amide bonds. The maximum atomic E-state index is 12.4. The maximum absolute atomic E-state index is 12.4. The summed E-state index contributed by atoms with van der Waals surface area (Å²) in [5.41, 5.74) is 1.01. The van der Waals surface area contributed by atoms with Crippen molar-refractivity contribution in [3.8, 4) is 11.5 Å². The van der Waals surface area contributed by atoms with Crippen LogP contribution in [0.5, 0.6) is 11.5 Å². The zero-order chi connectivity index (χ0) is 20.9. The van der Waals surface area contributed by atoms with Gasteiger partial charge in [-0.05, 0) is 55.0 Å². The van der Waals surface area contributed by atoms with Crippen molar-refractivity contribution in [1.29, 1.82) is 0 Å². The molecule has 2 aromatic carbocycles. The zero-order valence-corrected chi connectivity index (χ0v) is 16.8. The average molecular weight is 403 g/mol. The van der Waals surface area contributed by atoms with E-state index < -0.39 is 16.0 Å². The second-order valence-corrected chi connectivity index (χ2v) is 8.15. The predicted molar refractivity (Wildman–Crippen MR) is 105 cm³/mol. The summed E-state index contributed by atoms with van der Waals surface area (Å²) in [6, 6.07) is 10.7. The molecule has 0 saturated carbocycles. The number of ketones is 1. The fraction of sp³-hybridized carbons (Fsp3) is 0.200. The van der Waals surface area contributed by atoms with Gasteiger partial charge in [0.1, 0.15) is 16.4 Å². The van der Waals surface area contributed by atoms with E-state index in [-0.39, 0.29) is 16.4 Å². The van der Waals surface area contributed by atoms with E-state index in [0.29, 0.717) is 16.9 Å². The second-order valence-electron chi connectivity index (χ2n) is 6.03. The maximum Gasteiger partial charge on any atom is 0.336 e. The van der Waals surface area contributed by atoms with Gasteiger partial charge in [0.05, 0.1) is 7.11 Å². The van der Waals surface area contributed by atoms with Crippen molar-refractivity contribution >= 4 is 27.9 Å². The van der Waals surface area contributed by atoms with E-state index in [0.717, 1.165) is 4.31 Å². The number of ether oxygens (including phenoxy) is 2. The highest BCUT2D eigenvalue weighted by molar-refractivity contribution is 7.89. The number of esters is 1. The number of sulfonamides is 1. The largest absolute Gasteiger partial charge is 0.495 e. The number of carbonyl (C=O) groups excluding carboxylic acids is 2. The Balaban J connectivity index is 2.19. The lowest BCUT2D eigenvalue weighted by molar-refractivity contribution is -0.128. The van der Waals surface area contributed by atoms with Gasteiger partial charge in [-0.3, -0.25) is 4.79 Å². The van der Waals surface area contributed by atoms with Crippen molar-refractivity contribution < 1.29 is 27.5 Å². The van der Waals surface area contributed by atoms with Crippen LogP contribution in [-0.2, 0) is 14.8 Å². The summed E-state index contributed by atoms with van der Waals surface area (Å²) in [7, 11) is 0.519. The Morgan fingerprint density at radius 1 is 1.04 bits per heavy atom. The van der Waals surface area contributed by atoms with Crippen LogP contribution in [0.4, 0.5) is 0 Å². The molecule has 0 aliphatic carbocycles. The monoisotopic (exact) mass is 403 g/mol. The van der Waals surface area contributed by atoms with Gasteiger partial charge in [0.2, 0.25) is 10.0 Å². The summed E-state index contributed by atoms with van der Waals surface area (Å²) in [5.74, 6) is -0.214. The quantitative estimate of drug-likeness (QED) is 0.306. The normalized spacial score (nSPS) is 11.6. The third-order valence-electron chi connectivity index (χ3n) is 3.84. The Kier molecular flexibility index (Phi) is 6.71. The molecule has 0 spiro atoms. The molecule has 0 aromatic heterocycles. The molecule has 0 heterocycles. The Morgan fingerprint density at radius 2 is 1.68 bits per heavy atom. The van der Waals surface area contributed by atoms with E-state index in [1.54, 1.807) is 18.2 Å². The molecule has 0 N–H and O–H groups in total. The van der Waals surface area contributed by atoms with Gasteiger partial charge in [-0.2, -0.15) is 0 Å². The molecule has 8 heteroatoms. The number of hydrogen-bond acceptors (Lipinski definition) is 6. The highest BCUT2D eigenvalue weighted by Gasteiger charge is 2.22. The topological polar surface area (TPSA) is 90.0 Å². The van der Waals surface area contributed by atoms with E-state index in [2.05, 4.69) is 0 Å². The van der Waals surface area contributed by atoms with Crippen LogP contribution >= 0.6 is 0 Å². The molecule has 7 nitrogen and oxygen atoms in total. The van der Waals surface area contributed by atoms with Gasteiger partial charge in [-0.15, -0.1) is 0 Å². The lowest BCUT2D eigenvalue weighted by Gasteiger charge is -2.14. The molecule has 28 heavy (non-hydrogen) atoms. The Hall–Kier alpha value is -2.97. The van der Waals surface area contributed by atoms with E-state index in [1.165, 1.54) is 64.5 Å². The van der Waals surface area contributed by atoms with Gasteiger partial charge >= 0.3 is 5.97 Å². The first-order valence-electron chi connectivity index (χ1n) is 8.26. The van der Waals surface area contributed by atoms with Crippen molar-refractivity contribution in [2.75, 3.05) is 21.2 Å². The fourth-order valence-corrected chi connectivity index (χ4v) is 3.35. The van der Waals surface area contributed by atoms with E-state index >= 15 is 0 Å². The molecule has 0 radical (unpaired) electrons. The Morgan fingerprint density at radius 3 is 2.21 bits per heavy atom. The number of methoxy groups -OCH3 is 1. The number of carbonyl (C=O) groups is 2. The summed E-state index contributed by atoms with van der Waals surface area (Å²) >= 11 is 0. The first-order chi connectivity index (χ1) is 13.1. The van der Waals surface area contributed by atoms with Gasteiger partial charge in [-0.1, -0.05) is 6.07 Å². The van der Waals surface area contributed by atoms with Crippen LogP contribution in [0.25, 0.3) is 6.08 Å². The van der Waals surface area contributed by atoms with Crippen LogP contribution in [0, 0.1) is 0 Å². The number of rotatable bonds is 7. The number of Topliss-reactive ketones (excluding diaryl/α,β-unsaturated/α-hetero) is 1. The van der Waals surface area contributed by atoms with Crippen LogP contribution in [0.3, 0.4) is 0 Å². The second kappa shape index (κ2) is 8.81. The summed E-state index contributed by atoms with van der Waals surface area (Å²) in [4.78, 5) is 23.2. The molecule has 0 atom stereocenters. The predicted octanol–water partition coefficient (Wildman–Crippen LogP) is 2.77. The molecule has 0 unspecified atom stereocenters. The lowest BCUT2D eigenvalue weighted by atomic mass is 10.1. The van der Waals surface area contributed by atoms with Gasteiger partial charge in [0.25, 0.3) is 0 Å². The minimum atomic E-state index is -3.71. The third-order valence-corrected chi connectivity index (χ3v) is 5.67. The molecular formula is C20H21NO6S. The SMILES string of the molecule is COc1ccc(/C=C/C(=O)Oc2ccc(C(C)=O)cc2)cc1S(=O)(=O)N(C)C. The molecule has 148 valence electrons. The summed E-state index contributed by atoms with van der Waals surface area (Å²) < 4.78 is 36.2. The average Bonchev–Trinajstić information content (AvgIpc) is 2.66. The van der Waals surface area contributed by atoms with Crippen LogP contribution < -0.4 is 9.47 Å². The molecule has 2 aromatic rings. The van der Waals surface area contributed by atoms with Crippen LogP contribution in [0.15, 0.2) is 53.4 Å². The number of benzene rings is 2. The molecule has 0 fully saturated rings. The standard InChI is InChI=1S/C20H21NO6S/c1-14(22)16-7-9-17(10-8-16)27-20(23)12-6-15-5-11-18(26-4)19(13-15)28(24,25)21(2)3/h5-13H,1-4H3/b12-6+. The van der Waals surface area contributed by atoms with Crippen molar-refractivity contribution in [2.45, 2.75) is 11.8 Å². The highest BCUT2D eigenvalue weighted by Crippen LogP contribution is 2.27. The lowest BCUT2D eigenvalue weighted by Crippen LogP contribution is -2.22. The van der Waals surface area contributed by atoms with E-state index in [1.807, 2.05) is 0 Å². The minimum absolute atomic E-state index is 0.00432. The zero-order valence-electron chi connectivity index (χ0n) is 16.0. The van der Waals surface area contributed by atoms with Gasteiger partial charge in [-0.25, -0.2) is 17.5 Å². The van der Waals surface area contributed by atoms with Gasteiger partial charge in [0.15, 0.2) is 5.78 Å². The summed E-state index contributed by atoms with van der Waals surface area (Å²) in [6.07, 6.45) is 2.63. The Bertz CT molecular complexity index is 1010. The fourth-order valence-electron chi connectivity index (χ4n) is 2.27. The molecule has 0 saturated heterocycles. The molecule has 0 aliphatic rings. The molecular weight excluding hydrogens is 382 g/mol. The Labute approximate surface area is 164 Å². The van der Waals surface area contributed by atoms with Crippen LogP contribution in [0.1, 0.15) is 22.8 Å².